The lowest BCUT2D eigenvalue weighted by Crippen LogP contribution is -1.89. The monoisotopic (exact) mass is 266 g/mol. The van der Waals surface area contributed by atoms with Crippen molar-refractivity contribution in [3.63, 3.8) is 0 Å². The van der Waals surface area contributed by atoms with Crippen molar-refractivity contribution in [2.75, 3.05) is 17.2 Å². The molecule has 1 aromatic heterocycles. The molecule has 0 saturated carbocycles. The molecule has 0 saturated heterocycles. The number of rotatable bonds is 5. The van der Waals surface area contributed by atoms with Crippen LogP contribution in [0, 0.1) is 0 Å². The van der Waals surface area contributed by atoms with Gasteiger partial charge >= 0.3 is 0 Å². The van der Waals surface area contributed by atoms with Crippen molar-refractivity contribution in [2.45, 2.75) is 17.2 Å². The minimum absolute atomic E-state index is 0.533. The topological polar surface area (TPSA) is 77.8 Å². The van der Waals surface area contributed by atoms with E-state index in [1.807, 2.05) is 12.1 Å². The highest BCUT2D eigenvalue weighted by Gasteiger charge is 2.01. The SMILES string of the molecule is Nc1ccc(CCCSc2nnc(N)s2)cc1. The van der Waals surface area contributed by atoms with Gasteiger partial charge in [-0.3, -0.25) is 0 Å². The normalized spacial score (nSPS) is 10.6. The van der Waals surface area contributed by atoms with E-state index in [-0.39, 0.29) is 0 Å². The molecule has 0 aliphatic carbocycles. The van der Waals surface area contributed by atoms with Gasteiger partial charge in [0.15, 0.2) is 4.34 Å². The summed E-state index contributed by atoms with van der Waals surface area (Å²) in [6.45, 7) is 0. The molecule has 0 aliphatic heterocycles. The van der Waals surface area contributed by atoms with Crippen molar-refractivity contribution in [1.82, 2.24) is 10.2 Å². The Morgan fingerprint density at radius 3 is 2.53 bits per heavy atom. The fourth-order valence-corrected chi connectivity index (χ4v) is 3.04. The van der Waals surface area contributed by atoms with E-state index in [4.69, 9.17) is 11.5 Å². The Kier molecular flexibility index (Phi) is 4.22. The molecule has 1 aromatic carbocycles. The minimum atomic E-state index is 0.533. The molecular formula is C11H14N4S2. The van der Waals surface area contributed by atoms with Gasteiger partial charge in [-0.2, -0.15) is 0 Å². The average Bonchev–Trinajstić information content (AvgIpc) is 2.73. The Morgan fingerprint density at radius 1 is 1.12 bits per heavy atom. The van der Waals surface area contributed by atoms with Gasteiger partial charge < -0.3 is 11.5 Å². The number of hydrogen-bond acceptors (Lipinski definition) is 6. The Hall–Kier alpha value is -1.27. The Balaban J connectivity index is 1.71. The van der Waals surface area contributed by atoms with Crippen molar-refractivity contribution in [3.05, 3.63) is 29.8 Å². The molecule has 4 nitrogen and oxygen atoms in total. The lowest BCUT2D eigenvalue weighted by Gasteiger charge is -2.00. The predicted octanol–water partition coefficient (Wildman–Crippen LogP) is 2.43. The average molecular weight is 266 g/mol. The molecule has 4 N–H and O–H groups in total. The molecule has 0 bridgehead atoms. The summed E-state index contributed by atoms with van der Waals surface area (Å²) in [6.07, 6.45) is 2.16. The maximum absolute atomic E-state index is 5.63. The number of nitrogens with two attached hydrogens (primary N) is 2. The zero-order chi connectivity index (χ0) is 12.1. The third-order valence-electron chi connectivity index (χ3n) is 2.24. The van der Waals surface area contributed by atoms with Crippen LogP contribution in [0.2, 0.25) is 0 Å². The summed E-state index contributed by atoms with van der Waals surface area (Å²) >= 11 is 3.14. The second kappa shape index (κ2) is 5.88. The van der Waals surface area contributed by atoms with Crippen LogP contribution in [0.25, 0.3) is 0 Å². The fourth-order valence-electron chi connectivity index (χ4n) is 1.40. The maximum Gasteiger partial charge on any atom is 0.203 e. The molecule has 90 valence electrons. The lowest BCUT2D eigenvalue weighted by atomic mass is 10.1. The summed E-state index contributed by atoms with van der Waals surface area (Å²) in [7, 11) is 0. The summed E-state index contributed by atoms with van der Waals surface area (Å²) in [5, 5.41) is 8.27. The number of aryl methyl sites for hydroxylation is 1. The molecular weight excluding hydrogens is 252 g/mol. The summed E-state index contributed by atoms with van der Waals surface area (Å²) < 4.78 is 0.944. The summed E-state index contributed by atoms with van der Waals surface area (Å²) in [6, 6.07) is 8.02. The molecule has 0 spiro atoms. The molecule has 0 fully saturated rings. The first-order chi connectivity index (χ1) is 8.24. The summed E-state index contributed by atoms with van der Waals surface area (Å²) in [4.78, 5) is 0. The third-order valence-corrected chi connectivity index (χ3v) is 4.21. The van der Waals surface area contributed by atoms with Crippen molar-refractivity contribution in [2.24, 2.45) is 0 Å². The number of anilines is 2. The zero-order valence-electron chi connectivity index (χ0n) is 9.30. The third kappa shape index (κ3) is 3.90. The van der Waals surface area contributed by atoms with E-state index in [1.165, 1.54) is 16.9 Å². The molecule has 0 radical (unpaired) electrons. The van der Waals surface area contributed by atoms with Gasteiger partial charge in [-0.1, -0.05) is 35.2 Å². The highest BCUT2D eigenvalue weighted by molar-refractivity contribution is 8.01. The summed E-state index contributed by atoms with van der Waals surface area (Å²) in [5.74, 6) is 1.03. The molecule has 17 heavy (non-hydrogen) atoms. The molecule has 0 atom stereocenters. The van der Waals surface area contributed by atoms with Gasteiger partial charge in [0.05, 0.1) is 0 Å². The Labute approximate surface area is 108 Å². The van der Waals surface area contributed by atoms with E-state index in [1.54, 1.807) is 11.8 Å². The van der Waals surface area contributed by atoms with Gasteiger partial charge in [0.25, 0.3) is 0 Å². The second-order valence-electron chi connectivity index (χ2n) is 3.60. The number of thioether (sulfide) groups is 1. The van der Waals surface area contributed by atoms with Gasteiger partial charge in [0.2, 0.25) is 5.13 Å². The fraction of sp³-hybridized carbons (Fsp3) is 0.273. The smallest absolute Gasteiger partial charge is 0.203 e. The predicted molar refractivity (Wildman–Crippen MR) is 74.2 cm³/mol. The number of aromatic nitrogens is 2. The summed E-state index contributed by atoms with van der Waals surface area (Å²) in [5.41, 5.74) is 13.3. The molecule has 0 unspecified atom stereocenters. The highest BCUT2D eigenvalue weighted by Crippen LogP contribution is 2.24. The van der Waals surface area contributed by atoms with Gasteiger partial charge in [-0.25, -0.2) is 0 Å². The van der Waals surface area contributed by atoms with Crippen LogP contribution in [0.1, 0.15) is 12.0 Å². The van der Waals surface area contributed by atoms with Crippen molar-refractivity contribution < 1.29 is 0 Å². The van der Waals surface area contributed by atoms with Crippen LogP contribution in [0.3, 0.4) is 0 Å². The van der Waals surface area contributed by atoms with Gasteiger partial charge in [0, 0.05) is 11.4 Å². The van der Waals surface area contributed by atoms with Gasteiger partial charge in [0.1, 0.15) is 0 Å². The van der Waals surface area contributed by atoms with E-state index in [2.05, 4.69) is 22.3 Å². The number of hydrogen-bond donors (Lipinski definition) is 2. The molecule has 1 heterocycles. The quantitative estimate of drug-likeness (QED) is 0.494. The van der Waals surface area contributed by atoms with Crippen LogP contribution in [0.15, 0.2) is 28.6 Å². The van der Waals surface area contributed by atoms with E-state index < -0.39 is 0 Å². The van der Waals surface area contributed by atoms with E-state index in [9.17, 15) is 0 Å². The van der Waals surface area contributed by atoms with E-state index in [0.717, 1.165) is 28.6 Å². The van der Waals surface area contributed by atoms with E-state index in [0.29, 0.717) is 5.13 Å². The Bertz CT molecular complexity index is 467. The maximum atomic E-state index is 5.63. The molecule has 2 rings (SSSR count). The molecule has 0 amide bonds. The molecule has 2 aromatic rings. The lowest BCUT2D eigenvalue weighted by molar-refractivity contribution is 0.930. The van der Waals surface area contributed by atoms with Gasteiger partial charge in [-0.05, 0) is 30.5 Å². The Morgan fingerprint density at radius 2 is 1.88 bits per heavy atom. The first-order valence-corrected chi connectivity index (χ1v) is 7.10. The molecule has 0 aliphatic rings. The van der Waals surface area contributed by atoms with Crippen LogP contribution in [0.4, 0.5) is 10.8 Å². The van der Waals surface area contributed by atoms with Crippen molar-refractivity contribution in [1.29, 1.82) is 0 Å². The number of nitrogen functional groups attached to an aromatic ring is 2. The second-order valence-corrected chi connectivity index (χ2v) is 5.95. The molecule has 6 heteroatoms. The standard InChI is InChI=1S/C11H14N4S2/c12-9-5-3-8(4-6-9)2-1-7-16-11-15-14-10(13)17-11/h3-6H,1-2,7,12H2,(H2,13,14). The largest absolute Gasteiger partial charge is 0.399 e. The number of benzene rings is 1. The van der Waals surface area contributed by atoms with Gasteiger partial charge in [-0.15, -0.1) is 10.2 Å². The highest BCUT2D eigenvalue weighted by atomic mass is 32.2. The zero-order valence-corrected chi connectivity index (χ0v) is 10.9. The van der Waals surface area contributed by atoms with Crippen LogP contribution in [-0.2, 0) is 6.42 Å². The van der Waals surface area contributed by atoms with Crippen molar-refractivity contribution >= 4 is 33.9 Å². The van der Waals surface area contributed by atoms with E-state index >= 15 is 0 Å². The van der Waals surface area contributed by atoms with Crippen LogP contribution < -0.4 is 11.5 Å². The number of nitrogens with zero attached hydrogens (tertiary/aromatic N) is 2. The first kappa shape index (κ1) is 12.2. The minimum Gasteiger partial charge on any atom is -0.399 e. The van der Waals surface area contributed by atoms with Crippen molar-refractivity contribution in [3.8, 4) is 0 Å². The van der Waals surface area contributed by atoms with Crippen LogP contribution in [0.5, 0.6) is 0 Å². The first-order valence-electron chi connectivity index (χ1n) is 5.30. The van der Waals surface area contributed by atoms with Crippen LogP contribution in [-0.4, -0.2) is 16.0 Å². The van der Waals surface area contributed by atoms with Crippen LogP contribution >= 0.6 is 23.1 Å².